The Hall–Kier alpha value is -2.53. The van der Waals surface area contributed by atoms with Crippen molar-refractivity contribution in [3.05, 3.63) is 81.8 Å². The smallest absolute Gasteiger partial charge is 0.229 e. The molecule has 0 saturated carbocycles. The van der Waals surface area contributed by atoms with Gasteiger partial charge in [0.25, 0.3) is 0 Å². The van der Waals surface area contributed by atoms with E-state index in [1.807, 2.05) is 48.5 Å². The zero-order valence-corrected chi connectivity index (χ0v) is 16.1. The van der Waals surface area contributed by atoms with E-state index in [9.17, 15) is 0 Å². The molecule has 134 valence electrons. The fourth-order valence-corrected chi connectivity index (χ4v) is 3.38. The highest BCUT2D eigenvalue weighted by Gasteiger charge is 2.10. The molecule has 0 aliphatic heterocycles. The van der Waals surface area contributed by atoms with E-state index in [0.717, 1.165) is 16.6 Å². The van der Waals surface area contributed by atoms with Crippen LogP contribution < -0.4 is 10.6 Å². The van der Waals surface area contributed by atoms with Gasteiger partial charge in [-0.25, -0.2) is 4.98 Å². The SMILES string of the molecule is Clc1cc(Cl)cc(Nc2nc(Nc3ccccc3Cl)c3ccccc3n2)c1. The number of para-hydroxylation sites is 2. The van der Waals surface area contributed by atoms with Gasteiger partial charge in [0.15, 0.2) is 0 Å². The molecule has 0 aliphatic rings. The molecule has 3 aromatic carbocycles. The highest BCUT2D eigenvalue weighted by molar-refractivity contribution is 6.35. The third-order valence-electron chi connectivity index (χ3n) is 3.85. The summed E-state index contributed by atoms with van der Waals surface area (Å²) in [5.74, 6) is 1.06. The number of rotatable bonds is 4. The summed E-state index contributed by atoms with van der Waals surface area (Å²) in [5, 5.41) is 8.99. The molecule has 0 amide bonds. The fourth-order valence-electron chi connectivity index (χ4n) is 2.67. The number of nitrogens with zero attached hydrogens (tertiary/aromatic N) is 2. The van der Waals surface area contributed by atoms with Gasteiger partial charge in [0.2, 0.25) is 5.95 Å². The van der Waals surface area contributed by atoms with Gasteiger partial charge in [-0.15, -0.1) is 0 Å². The van der Waals surface area contributed by atoms with E-state index >= 15 is 0 Å². The minimum absolute atomic E-state index is 0.418. The summed E-state index contributed by atoms with van der Waals surface area (Å²) in [5.41, 5.74) is 2.25. The van der Waals surface area contributed by atoms with Gasteiger partial charge >= 0.3 is 0 Å². The Kier molecular flexibility index (Phi) is 5.03. The number of anilines is 4. The van der Waals surface area contributed by atoms with Crippen molar-refractivity contribution in [2.45, 2.75) is 0 Å². The van der Waals surface area contributed by atoms with Crippen LogP contribution in [0.15, 0.2) is 66.7 Å². The summed E-state index contributed by atoms with van der Waals surface area (Å²) in [7, 11) is 0. The maximum atomic E-state index is 6.28. The summed E-state index contributed by atoms with van der Waals surface area (Å²) >= 11 is 18.4. The topological polar surface area (TPSA) is 49.8 Å². The van der Waals surface area contributed by atoms with Gasteiger partial charge in [-0.2, -0.15) is 4.98 Å². The van der Waals surface area contributed by atoms with Crippen LogP contribution in [0, 0.1) is 0 Å². The van der Waals surface area contributed by atoms with Crippen LogP contribution in [0.1, 0.15) is 0 Å². The van der Waals surface area contributed by atoms with Crippen LogP contribution in [-0.2, 0) is 0 Å². The van der Waals surface area contributed by atoms with E-state index in [-0.39, 0.29) is 0 Å². The van der Waals surface area contributed by atoms with Crippen LogP contribution in [0.5, 0.6) is 0 Å². The number of nitrogens with one attached hydrogen (secondary N) is 2. The monoisotopic (exact) mass is 414 g/mol. The Morgan fingerprint density at radius 1 is 0.704 bits per heavy atom. The molecule has 0 bridgehead atoms. The largest absolute Gasteiger partial charge is 0.338 e. The van der Waals surface area contributed by atoms with E-state index in [0.29, 0.717) is 32.5 Å². The maximum absolute atomic E-state index is 6.28. The second-order valence-corrected chi connectivity index (χ2v) is 7.08. The van der Waals surface area contributed by atoms with Crippen LogP contribution in [0.2, 0.25) is 15.1 Å². The molecular formula is C20H13Cl3N4. The number of aromatic nitrogens is 2. The summed E-state index contributed by atoms with van der Waals surface area (Å²) in [6.45, 7) is 0. The van der Waals surface area contributed by atoms with Crippen molar-refractivity contribution < 1.29 is 0 Å². The van der Waals surface area contributed by atoms with E-state index in [4.69, 9.17) is 34.8 Å². The Balaban J connectivity index is 1.77. The summed E-state index contributed by atoms with van der Waals surface area (Å²) in [4.78, 5) is 9.19. The summed E-state index contributed by atoms with van der Waals surface area (Å²) < 4.78 is 0. The van der Waals surface area contributed by atoms with Crippen LogP contribution >= 0.6 is 34.8 Å². The highest BCUT2D eigenvalue weighted by atomic mass is 35.5. The number of hydrogen-bond acceptors (Lipinski definition) is 4. The minimum Gasteiger partial charge on any atom is -0.338 e. The predicted octanol–water partition coefficient (Wildman–Crippen LogP) is 7.08. The molecule has 0 unspecified atom stereocenters. The van der Waals surface area contributed by atoms with Gasteiger partial charge in [0.05, 0.1) is 16.2 Å². The zero-order valence-electron chi connectivity index (χ0n) is 13.9. The molecular weight excluding hydrogens is 403 g/mol. The molecule has 1 aromatic heterocycles. The molecule has 4 rings (SSSR count). The molecule has 0 saturated heterocycles. The third kappa shape index (κ3) is 4.08. The predicted molar refractivity (Wildman–Crippen MR) is 114 cm³/mol. The molecule has 2 N–H and O–H groups in total. The van der Waals surface area contributed by atoms with Crippen molar-refractivity contribution >= 4 is 68.8 Å². The van der Waals surface area contributed by atoms with E-state index in [1.54, 1.807) is 18.2 Å². The van der Waals surface area contributed by atoms with Crippen LogP contribution in [0.4, 0.5) is 23.1 Å². The standard InChI is InChI=1S/C20H13Cl3N4/c21-12-9-13(22)11-14(10-12)24-20-26-17-7-3-1-5-15(17)19(27-20)25-18-8-4-2-6-16(18)23/h1-11H,(H2,24,25,26,27). The van der Waals surface area contributed by atoms with Crippen LogP contribution in [0.25, 0.3) is 10.9 Å². The third-order valence-corrected chi connectivity index (χ3v) is 4.61. The van der Waals surface area contributed by atoms with Crippen molar-refractivity contribution in [2.75, 3.05) is 10.6 Å². The van der Waals surface area contributed by atoms with E-state index in [2.05, 4.69) is 20.6 Å². The van der Waals surface area contributed by atoms with Crippen LogP contribution in [0.3, 0.4) is 0 Å². The lowest BCUT2D eigenvalue weighted by Crippen LogP contribution is -2.02. The first kappa shape index (κ1) is 17.9. The fraction of sp³-hybridized carbons (Fsp3) is 0. The average Bonchev–Trinajstić information content (AvgIpc) is 2.63. The zero-order chi connectivity index (χ0) is 18.8. The second-order valence-electron chi connectivity index (χ2n) is 5.80. The quantitative estimate of drug-likeness (QED) is 0.374. The molecule has 4 aromatic rings. The Labute approximate surface area is 171 Å². The molecule has 0 fully saturated rings. The summed E-state index contributed by atoms with van der Waals surface area (Å²) in [6, 6.07) is 20.4. The molecule has 1 heterocycles. The lowest BCUT2D eigenvalue weighted by Gasteiger charge is -2.13. The van der Waals surface area contributed by atoms with E-state index in [1.165, 1.54) is 0 Å². The van der Waals surface area contributed by atoms with Gasteiger partial charge in [-0.1, -0.05) is 59.1 Å². The minimum atomic E-state index is 0.418. The van der Waals surface area contributed by atoms with Gasteiger partial charge in [0, 0.05) is 21.1 Å². The van der Waals surface area contributed by atoms with Crippen molar-refractivity contribution in [3.8, 4) is 0 Å². The lowest BCUT2D eigenvalue weighted by atomic mass is 10.2. The van der Waals surface area contributed by atoms with Crippen molar-refractivity contribution in [1.82, 2.24) is 9.97 Å². The maximum Gasteiger partial charge on any atom is 0.229 e. The molecule has 4 nitrogen and oxygen atoms in total. The van der Waals surface area contributed by atoms with E-state index < -0.39 is 0 Å². The van der Waals surface area contributed by atoms with Gasteiger partial charge in [-0.3, -0.25) is 0 Å². The normalized spacial score (nSPS) is 10.8. The lowest BCUT2D eigenvalue weighted by molar-refractivity contribution is 1.21. The average molecular weight is 416 g/mol. The number of benzene rings is 3. The number of halogens is 3. The van der Waals surface area contributed by atoms with Crippen LogP contribution in [-0.4, -0.2) is 9.97 Å². The summed E-state index contributed by atoms with van der Waals surface area (Å²) in [6.07, 6.45) is 0. The van der Waals surface area contributed by atoms with Crippen molar-refractivity contribution in [1.29, 1.82) is 0 Å². The Morgan fingerprint density at radius 2 is 1.41 bits per heavy atom. The highest BCUT2D eigenvalue weighted by Crippen LogP contribution is 2.30. The molecule has 7 heteroatoms. The first-order valence-electron chi connectivity index (χ1n) is 8.10. The molecule has 0 atom stereocenters. The van der Waals surface area contributed by atoms with Crippen molar-refractivity contribution in [3.63, 3.8) is 0 Å². The molecule has 27 heavy (non-hydrogen) atoms. The first-order valence-corrected chi connectivity index (χ1v) is 9.23. The first-order chi connectivity index (χ1) is 13.1. The van der Waals surface area contributed by atoms with Gasteiger partial charge in [-0.05, 0) is 42.5 Å². The molecule has 0 aliphatic carbocycles. The van der Waals surface area contributed by atoms with Crippen molar-refractivity contribution in [2.24, 2.45) is 0 Å². The Morgan fingerprint density at radius 3 is 2.19 bits per heavy atom. The second kappa shape index (κ2) is 7.61. The Bertz CT molecular complexity index is 1110. The number of fused-ring (bicyclic) bond motifs is 1. The molecule has 0 radical (unpaired) electrons. The molecule has 0 spiro atoms. The van der Waals surface area contributed by atoms with Gasteiger partial charge < -0.3 is 10.6 Å². The number of hydrogen-bond donors (Lipinski definition) is 2. The van der Waals surface area contributed by atoms with Gasteiger partial charge in [0.1, 0.15) is 5.82 Å².